The van der Waals surface area contributed by atoms with Crippen molar-refractivity contribution >= 4 is 17.9 Å². The van der Waals surface area contributed by atoms with Crippen LogP contribution in [0.1, 0.15) is 38.9 Å². The summed E-state index contributed by atoms with van der Waals surface area (Å²) in [6, 6.07) is 8.43. The predicted molar refractivity (Wildman–Crippen MR) is 101 cm³/mol. The lowest BCUT2D eigenvalue weighted by Crippen LogP contribution is -2.35. The molecule has 0 radical (unpaired) electrons. The predicted octanol–water partition coefficient (Wildman–Crippen LogP) is 4.52. The molecule has 1 aromatic heterocycles. The maximum Gasteiger partial charge on any atom is 0.410 e. The molecule has 1 aliphatic rings. The molecule has 1 N–H and O–H groups in total. The maximum absolute atomic E-state index is 12.2. The number of nitrogens with zero attached hydrogens (tertiary/aromatic N) is 2. The smallest absolute Gasteiger partial charge is 0.410 e. The third kappa shape index (κ3) is 4.37. The van der Waals surface area contributed by atoms with Gasteiger partial charge in [0.1, 0.15) is 11.4 Å². The molecule has 134 valence electrons. The van der Waals surface area contributed by atoms with Crippen molar-refractivity contribution < 1.29 is 9.53 Å². The average molecular weight is 359 g/mol. The molecule has 2 aromatic rings. The molecular weight excluding hydrogens is 334 g/mol. The Hall–Kier alpha value is -1.95. The van der Waals surface area contributed by atoms with Crippen molar-refractivity contribution in [1.82, 2.24) is 14.9 Å². The van der Waals surface area contributed by atoms with Gasteiger partial charge in [0.2, 0.25) is 0 Å². The number of carbonyl (C=O) groups excluding carboxylic acids is 1. The maximum atomic E-state index is 12.2. The molecular formula is C19H25N3O2S. The second-order valence-corrected chi connectivity index (χ2v) is 8.20. The Morgan fingerprint density at radius 3 is 2.68 bits per heavy atom. The van der Waals surface area contributed by atoms with Crippen molar-refractivity contribution in [1.29, 1.82) is 0 Å². The van der Waals surface area contributed by atoms with Crippen molar-refractivity contribution in [3.05, 3.63) is 36.3 Å². The summed E-state index contributed by atoms with van der Waals surface area (Å²) in [6.45, 7) is 7.02. The van der Waals surface area contributed by atoms with Gasteiger partial charge in [-0.3, -0.25) is 0 Å². The van der Waals surface area contributed by atoms with Crippen molar-refractivity contribution in [3.8, 4) is 11.3 Å². The molecule has 1 fully saturated rings. The lowest BCUT2D eigenvalue weighted by atomic mass is 10.1. The third-order valence-electron chi connectivity index (χ3n) is 4.22. The Kier molecular flexibility index (Phi) is 5.08. The van der Waals surface area contributed by atoms with E-state index in [1.165, 1.54) is 4.90 Å². The largest absolute Gasteiger partial charge is 0.444 e. The Bertz CT molecular complexity index is 734. The van der Waals surface area contributed by atoms with E-state index in [9.17, 15) is 4.79 Å². The third-order valence-corrected chi connectivity index (χ3v) is 4.97. The van der Waals surface area contributed by atoms with E-state index in [2.05, 4.69) is 40.5 Å². The molecule has 0 spiro atoms. The summed E-state index contributed by atoms with van der Waals surface area (Å²) in [4.78, 5) is 23.2. The minimum absolute atomic E-state index is 0.228. The normalized spacial score (nSPS) is 17.8. The summed E-state index contributed by atoms with van der Waals surface area (Å²) in [5.41, 5.74) is 1.67. The highest BCUT2D eigenvalue weighted by Crippen LogP contribution is 2.29. The summed E-state index contributed by atoms with van der Waals surface area (Å²) in [5.74, 6) is 1.17. The van der Waals surface area contributed by atoms with Gasteiger partial charge in [0.05, 0.1) is 11.9 Å². The Balaban J connectivity index is 1.66. The molecule has 1 saturated heterocycles. The van der Waals surface area contributed by atoms with Crippen LogP contribution in [-0.4, -0.2) is 45.9 Å². The van der Waals surface area contributed by atoms with Crippen LogP contribution in [0.25, 0.3) is 11.3 Å². The van der Waals surface area contributed by atoms with E-state index in [0.29, 0.717) is 13.1 Å². The van der Waals surface area contributed by atoms with Crippen molar-refractivity contribution in [3.63, 3.8) is 0 Å². The number of imidazole rings is 1. The quantitative estimate of drug-likeness (QED) is 0.819. The fourth-order valence-corrected chi connectivity index (χ4v) is 3.35. The molecule has 25 heavy (non-hydrogen) atoms. The SMILES string of the molecule is CSc1ccc(-c2cnc(C3CCN(C(=O)OC(C)(C)C)C3)[nH]2)cc1. The highest BCUT2D eigenvalue weighted by atomic mass is 32.2. The first kappa shape index (κ1) is 17.9. The summed E-state index contributed by atoms with van der Waals surface area (Å²) >= 11 is 1.73. The molecule has 0 bridgehead atoms. The van der Waals surface area contributed by atoms with E-state index in [-0.39, 0.29) is 12.0 Å². The number of nitrogens with one attached hydrogen (secondary N) is 1. The van der Waals surface area contributed by atoms with Crippen LogP contribution in [0.3, 0.4) is 0 Å². The van der Waals surface area contributed by atoms with Gasteiger partial charge in [0, 0.05) is 23.9 Å². The molecule has 1 aromatic carbocycles. The number of rotatable bonds is 3. The minimum Gasteiger partial charge on any atom is -0.444 e. The molecule has 1 amide bonds. The summed E-state index contributed by atoms with van der Waals surface area (Å²) < 4.78 is 5.46. The van der Waals surface area contributed by atoms with E-state index in [1.807, 2.05) is 27.0 Å². The summed E-state index contributed by atoms with van der Waals surface area (Å²) in [5, 5.41) is 0. The average Bonchev–Trinajstić information content (AvgIpc) is 3.22. The van der Waals surface area contributed by atoms with Gasteiger partial charge in [-0.15, -0.1) is 11.8 Å². The molecule has 1 atom stereocenters. The molecule has 0 saturated carbocycles. The van der Waals surface area contributed by atoms with E-state index in [0.717, 1.165) is 23.5 Å². The number of benzene rings is 1. The number of hydrogen-bond donors (Lipinski definition) is 1. The monoisotopic (exact) mass is 359 g/mol. The van der Waals surface area contributed by atoms with Gasteiger partial charge >= 0.3 is 6.09 Å². The summed E-state index contributed by atoms with van der Waals surface area (Å²) in [6.07, 6.45) is 4.60. The number of amides is 1. The number of carbonyl (C=O) groups is 1. The van der Waals surface area contributed by atoms with Crippen molar-refractivity contribution in [2.24, 2.45) is 0 Å². The molecule has 0 aliphatic carbocycles. The highest BCUT2D eigenvalue weighted by molar-refractivity contribution is 7.98. The summed E-state index contributed by atoms with van der Waals surface area (Å²) in [7, 11) is 0. The lowest BCUT2D eigenvalue weighted by Gasteiger charge is -2.24. The second-order valence-electron chi connectivity index (χ2n) is 7.32. The van der Waals surface area contributed by atoms with Gasteiger partial charge < -0.3 is 14.6 Å². The van der Waals surface area contributed by atoms with Crippen LogP contribution in [0.15, 0.2) is 35.4 Å². The van der Waals surface area contributed by atoms with Crippen LogP contribution in [0.4, 0.5) is 4.79 Å². The zero-order valence-corrected chi connectivity index (χ0v) is 16.0. The Labute approximate surface area is 153 Å². The fourth-order valence-electron chi connectivity index (χ4n) is 2.94. The number of aromatic nitrogens is 2. The number of thioether (sulfide) groups is 1. The number of H-pyrrole nitrogens is 1. The molecule has 3 rings (SSSR count). The number of aromatic amines is 1. The van der Waals surface area contributed by atoms with Crippen LogP contribution in [0.5, 0.6) is 0 Å². The molecule has 2 heterocycles. The van der Waals surface area contributed by atoms with Crippen LogP contribution in [-0.2, 0) is 4.74 Å². The molecule has 1 aliphatic heterocycles. The van der Waals surface area contributed by atoms with Crippen molar-refractivity contribution in [2.75, 3.05) is 19.3 Å². The first-order valence-electron chi connectivity index (χ1n) is 8.53. The van der Waals surface area contributed by atoms with Crippen LogP contribution >= 0.6 is 11.8 Å². The van der Waals surface area contributed by atoms with E-state index in [1.54, 1.807) is 16.7 Å². The second kappa shape index (κ2) is 7.12. The topological polar surface area (TPSA) is 58.2 Å². The van der Waals surface area contributed by atoms with Gasteiger partial charge in [-0.1, -0.05) is 12.1 Å². The number of likely N-dealkylation sites (tertiary alicyclic amines) is 1. The first-order chi connectivity index (χ1) is 11.9. The standard InChI is InChI=1S/C19H25N3O2S/c1-19(2,3)24-18(23)22-10-9-14(12-22)17-20-11-16(21-17)13-5-7-15(25-4)8-6-13/h5-8,11,14H,9-10,12H2,1-4H3,(H,20,21). The van der Waals surface area contributed by atoms with E-state index in [4.69, 9.17) is 4.74 Å². The highest BCUT2D eigenvalue weighted by Gasteiger charge is 2.31. The number of ether oxygens (including phenoxy) is 1. The Morgan fingerprint density at radius 2 is 2.04 bits per heavy atom. The minimum atomic E-state index is -0.462. The van der Waals surface area contributed by atoms with E-state index >= 15 is 0 Å². The molecule has 6 heteroatoms. The van der Waals surface area contributed by atoms with Gasteiger partial charge in [0.25, 0.3) is 0 Å². The van der Waals surface area contributed by atoms with Gasteiger partial charge in [0.15, 0.2) is 0 Å². The van der Waals surface area contributed by atoms with Crippen molar-refractivity contribution in [2.45, 2.75) is 43.6 Å². The lowest BCUT2D eigenvalue weighted by molar-refractivity contribution is 0.0292. The Morgan fingerprint density at radius 1 is 1.32 bits per heavy atom. The molecule has 5 nitrogen and oxygen atoms in total. The van der Waals surface area contributed by atoms with Crippen LogP contribution in [0, 0.1) is 0 Å². The van der Waals surface area contributed by atoms with Gasteiger partial charge in [-0.2, -0.15) is 0 Å². The fraction of sp³-hybridized carbons (Fsp3) is 0.474. The first-order valence-corrected chi connectivity index (χ1v) is 9.75. The van der Waals surface area contributed by atoms with Gasteiger partial charge in [-0.05, 0) is 51.1 Å². The van der Waals surface area contributed by atoms with Gasteiger partial charge in [-0.25, -0.2) is 9.78 Å². The molecule has 1 unspecified atom stereocenters. The number of hydrogen-bond acceptors (Lipinski definition) is 4. The zero-order valence-electron chi connectivity index (χ0n) is 15.2. The van der Waals surface area contributed by atoms with Crippen LogP contribution < -0.4 is 0 Å². The van der Waals surface area contributed by atoms with E-state index < -0.39 is 5.60 Å². The zero-order chi connectivity index (χ0) is 18.0. The van der Waals surface area contributed by atoms with Crippen LogP contribution in [0.2, 0.25) is 0 Å².